The smallest absolute Gasteiger partial charge is 0.355 e. The zero-order chi connectivity index (χ0) is 12.8. The summed E-state index contributed by atoms with van der Waals surface area (Å²) in [6, 6.07) is -0.494. The molecule has 94 valence electrons. The summed E-state index contributed by atoms with van der Waals surface area (Å²) in [4.78, 5) is 25.0. The first kappa shape index (κ1) is 12.4. The number of hydrogen-bond acceptors (Lipinski definition) is 5. The number of carbonyl (C=O) groups is 2. The van der Waals surface area contributed by atoms with E-state index in [4.69, 9.17) is 10.5 Å². The molecule has 1 saturated heterocycles. The number of nitrogens with zero attached hydrogens (tertiary/aromatic N) is 1. The van der Waals surface area contributed by atoms with E-state index < -0.39 is 17.6 Å². The molecule has 1 amide bonds. The molecule has 0 aliphatic carbocycles. The molecule has 0 unspecified atom stereocenters. The van der Waals surface area contributed by atoms with Gasteiger partial charge in [-0.05, 0) is 26.8 Å². The van der Waals surface area contributed by atoms with E-state index >= 15 is 0 Å². The highest BCUT2D eigenvalue weighted by Crippen LogP contribution is 2.36. The SMILES string of the molecule is CC(C)(C)OC(=O)C1=CCS[C@H]2[C@H](N)C(=O)N12. The maximum absolute atomic E-state index is 11.9. The number of hydrogen-bond donors (Lipinski definition) is 1. The normalized spacial score (nSPS) is 28.1. The summed E-state index contributed by atoms with van der Waals surface area (Å²) in [5.41, 5.74) is 5.44. The fourth-order valence-electron chi connectivity index (χ4n) is 1.76. The topological polar surface area (TPSA) is 72.6 Å². The summed E-state index contributed by atoms with van der Waals surface area (Å²) in [5, 5.41) is -0.116. The largest absolute Gasteiger partial charge is 0.455 e. The fraction of sp³-hybridized carbons (Fsp3) is 0.636. The Kier molecular flexibility index (Phi) is 2.95. The standard InChI is InChI=1S/C11H16N2O3S/c1-11(2,3)16-10(15)6-4-5-17-9-7(12)8(14)13(6)9/h4,7,9H,5,12H2,1-3H3/t7-,9+/m1/s1. The Morgan fingerprint density at radius 1 is 1.59 bits per heavy atom. The molecule has 6 heteroatoms. The minimum Gasteiger partial charge on any atom is -0.455 e. The molecule has 0 aromatic rings. The van der Waals surface area contributed by atoms with Gasteiger partial charge in [-0.3, -0.25) is 9.69 Å². The quantitative estimate of drug-likeness (QED) is 0.545. The Bertz CT molecular complexity index is 400. The highest BCUT2D eigenvalue weighted by molar-refractivity contribution is 8.00. The van der Waals surface area contributed by atoms with Gasteiger partial charge in [-0.2, -0.15) is 0 Å². The van der Waals surface area contributed by atoms with Crippen molar-refractivity contribution in [1.82, 2.24) is 4.90 Å². The van der Waals surface area contributed by atoms with Gasteiger partial charge in [-0.15, -0.1) is 11.8 Å². The summed E-state index contributed by atoms with van der Waals surface area (Å²) in [5.74, 6) is 0.0128. The molecular formula is C11H16N2O3S. The molecule has 17 heavy (non-hydrogen) atoms. The average molecular weight is 256 g/mol. The lowest BCUT2D eigenvalue weighted by atomic mass is 10.1. The zero-order valence-corrected chi connectivity index (χ0v) is 10.9. The number of fused-ring (bicyclic) bond motifs is 1. The molecule has 0 aromatic heterocycles. The molecule has 0 saturated carbocycles. The van der Waals surface area contributed by atoms with Gasteiger partial charge in [-0.25, -0.2) is 4.79 Å². The van der Waals surface area contributed by atoms with Gasteiger partial charge in [0.2, 0.25) is 5.91 Å². The highest BCUT2D eigenvalue weighted by atomic mass is 32.2. The first-order valence-electron chi connectivity index (χ1n) is 5.45. The minimum atomic E-state index is -0.561. The summed E-state index contributed by atoms with van der Waals surface area (Å²) in [6.45, 7) is 5.39. The predicted octanol–water partition coefficient (Wildman–Crippen LogP) is 0.454. The van der Waals surface area contributed by atoms with E-state index in [1.54, 1.807) is 38.6 Å². The highest BCUT2D eigenvalue weighted by Gasteiger charge is 2.50. The molecule has 0 aromatic carbocycles. The van der Waals surface area contributed by atoms with Gasteiger partial charge in [0.15, 0.2) is 0 Å². The Labute approximate surface area is 104 Å². The number of rotatable bonds is 1. The average Bonchev–Trinajstić information content (AvgIpc) is 2.24. The van der Waals surface area contributed by atoms with E-state index in [1.807, 2.05) is 0 Å². The predicted molar refractivity (Wildman–Crippen MR) is 65.0 cm³/mol. The van der Waals surface area contributed by atoms with Crippen molar-refractivity contribution < 1.29 is 14.3 Å². The number of β-lactam (4-membered cyclic amide) rings is 1. The van der Waals surface area contributed by atoms with E-state index in [1.165, 1.54) is 4.90 Å². The number of amides is 1. The van der Waals surface area contributed by atoms with Crippen LogP contribution in [0.5, 0.6) is 0 Å². The van der Waals surface area contributed by atoms with Crippen LogP contribution in [0.4, 0.5) is 0 Å². The Hall–Kier alpha value is -1.01. The Morgan fingerprint density at radius 3 is 2.82 bits per heavy atom. The van der Waals surface area contributed by atoms with Crippen LogP contribution in [-0.4, -0.2) is 39.5 Å². The van der Waals surface area contributed by atoms with Crippen LogP contribution in [0, 0.1) is 0 Å². The first-order chi connectivity index (χ1) is 7.81. The van der Waals surface area contributed by atoms with Crippen LogP contribution in [0.25, 0.3) is 0 Å². The Balaban J connectivity index is 2.14. The monoisotopic (exact) mass is 256 g/mol. The van der Waals surface area contributed by atoms with Crippen molar-refractivity contribution in [3.63, 3.8) is 0 Å². The number of nitrogens with two attached hydrogens (primary N) is 1. The van der Waals surface area contributed by atoms with Crippen LogP contribution < -0.4 is 5.73 Å². The van der Waals surface area contributed by atoms with Crippen molar-refractivity contribution in [3.05, 3.63) is 11.8 Å². The van der Waals surface area contributed by atoms with Crippen LogP contribution in [0.1, 0.15) is 20.8 Å². The summed E-state index contributed by atoms with van der Waals surface area (Å²) in [7, 11) is 0. The van der Waals surface area contributed by atoms with Gasteiger partial charge >= 0.3 is 5.97 Å². The third-order valence-electron chi connectivity index (χ3n) is 2.50. The van der Waals surface area contributed by atoms with Crippen LogP contribution in [-0.2, 0) is 14.3 Å². The maximum Gasteiger partial charge on any atom is 0.355 e. The molecule has 2 aliphatic rings. The molecule has 2 heterocycles. The molecule has 2 aliphatic heterocycles. The van der Waals surface area contributed by atoms with Gasteiger partial charge in [0.1, 0.15) is 22.7 Å². The lowest BCUT2D eigenvalue weighted by Crippen LogP contribution is -2.68. The zero-order valence-electron chi connectivity index (χ0n) is 10.1. The number of thioether (sulfide) groups is 1. The van der Waals surface area contributed by atoms with Crippen molar-refractivity contribution in [2.45, 2.75) is 37.8 Å². The Morgan fingerprint density at radius 2 is 2.24 bits per heavy atom. The van der Waals surface area contributed by atoms with Gasteiger partial charge in [0.25, 0.3) is 0 Å². The van der Waals surface area contributed by atoms with Gasteiger partial charge < -0.3 is 10.5 Å². The van der Waals surface area contributed by atoms with E-state index in [0.717, 1.165) is 0 Å². The second-order valence-corrected chi connectivity index (χ2v) is 6.20. The molecular weight excluding hydrogens is 240 g/mol. The van der Waals surface area contributed by atoms with Crippen molar-refractivity contribution in [2.75, 3.05) is 5.75 Å². The van der Waals surface area contributed by atoms with Crippen LogP contribution in [0.3, 0.4) is 0 Å². The number of carbonyl (C=O) groups excluding carboxylic acids is 2. The molecule has 2 N–H and O–H groups in total. The van der Waals surface area contributed by atoms with Crippen LogP contribution in [0.2, 0.25) is 0 Å². The minimum absolute atomic E-state index is 0.116. The lowest BCUT2D eigenvalue weighted by Gasteiger charge is -2.47. The molecule has 2 atom stereocenters. The van der Waals surface area contributed by atoms with E-state index in [-0.39, 0.29) is 11.3 Å². The number of esters is 1. The molecule has 0 radical (unpaired) electrons. The van der Waals surface area contributed by atoms with Crippen molar-refractivity contribution in [3.8, 4) is 0 Å². The van der Waals surface area contributed by atoms with Gasteiger partial charge in [-0.1, -0.05) is 0 Å². The van der Waals surface area contributed by atoms with Crippen LogP contribution in [0.15, 0.2) is 11.8 Å². The van der Waals surface area contributed by atoms with Crippen molar-refractivity contribution in [2.24, 2.45) is 5.73 Å². The molecule has 1 fully saturated rings. The molecule has 0 spiro atoms. The lowest BCUT2D eigenvalue weighted by molar-refractivity contribution is -0.157. The van der Waals surface area contributed by atoms with Crippen LogP contribution >= 0.6 is 11.8 Å². The molecule has 5 nitrogen and oxygen atoms in total. The first-order valence-corrected chi connectivity index (χ1v) is 6.50. The maximum atomic E-state index is 11.9. The number of ether oxygens (including phenoxy) is 1. The van der Waals surface area contributed by atoms with E-state index in [0.29, 0.717) is 11.4 Å². The van der Waals surface area contributed by atoms with Crippen molar-refractivity contribution in [1.29, 1.82) is 0 Å². The fourth-order valence-corrected chi connectivity index (χ4v) is 2.90. The molecule has 0 bridgehead atoms. The summed E-state index contributed by atoms with van der Waals surface area (Å²) < 4.78 is 5.26. The summed E-state index contributed by atoms with van der Waals surface area (Å²) >= 11 is 1.56. The third kappa shape index (κ3) is 2.19. The van der Waals surface area contributed by atoms with E-state index in [2.05, 4.69) is 0 Å². The second-order valence-electron chi connectivity index (χ2n) is 5.05. The van der Waals surface area contributed by atoms with Gasteiger partial charge in [0.05, 0.1) is 0 Å². The van der Waals surface area contributed by atoms with Crippen molar-refractivity contribution >= 4 is 23.6 Å². The molecule has 2 rings (SSSR count). The third-order valence-corrected chi connectivity index (χ3v) is 3.70. The van der Waals surface area contributed by atoms with E-state index in [9.17, 15) is 9.59 Å². The summed E-state index contributed by atoms with van der Waals surface area (Å²) in [6.07, 6.45) is 1.72. The second kappa shape index (κ2) is 4.03. The van der Waals surface area contributed by atoms with Gasteiger partial charge in [0, 0.05) is 5.75 Å².